The number of fused-ring (bicyclic) bond motifs is 1. The van der Waals surface area contributed by atoms with E-state index in [1.165, 1.54) is 40.2 Å². The van der Waals surface area contributed by atoms with Crippen molar-refractivity contribution in [2.45, 2.75) is 40.0 Å². The number of ether oxygens (including phenoxy) is 2. The van der Waals surface area contributed by atoms with Gasteiger partial charge in [0.15, 0.2) is 13.2 Å². The van der Waals surface area contributed by atoms with Crippen LogP contribution in [0, 0.1) is 13.8 Å². The minimum Gasteiger partial charge on any atom is -0.484 e. The van der Waals surface area contributed by atoms with E-state index >= 15 is 0 Å². The van der Waals surface area contributed by atoms with Crippen molar-refractivity contribution >= 4 is 67.6 Å². The van der Waals surface area contributed by atoms with Gasteiger partial charge in [0, 0.05) is 59.9 Å². The predicted molar refractivity (Wildman–Crippen MR) is 298 cm³/mol. The zero-order valence-corrected chi connectivity index (χ0v) is 43.4. The zero-order valence-electron chi connectivity index (χ0n) is 42.6. The molecule has 0 aliphatic carbocycles. The molecular formula is C61H56F6N6O2S. The lowest BCUT2D eigenvalue weighted by Crippen LogP contribution is -2.21. The summed E-state index contributed by atoms with van der Waals surface area (Å²) >= 11 is 1.65. The van der Waals surface area contributed by atoms with Gasteiger partial charge in [0.05, 0.1) is 16.4 Å². The summed E-state index contributed by atoms with van der Waals surface area (Å²) in [6.07, 6.45) is -7.06. The van der Waals surface area contributed by atoms with Gasteiger partial charge in [0.25, 0.3) is 0 Å². The molecule has 1 heterocycles. The number of rotatable bonds is 16. The molecule has 9 rings (SSSR count). The molecule has 390 valence electrons. The third-order valence-electron chi connectivity index (χ3n) is 12.2. The van der Waals surface area contributed by atoms with Crippen molar-refractivity contribution in [2.24, 2.45) is 17.3 Å². The van der Waals surface area contributed by atoms with Gasteiger partial charge in [-0.05, 0) is 177 Å². The Labute approximate surface area is 442 Å². The lowest BCUT2D eigenvalue weighted by molar-refractivity contribution is -0.154. The maximum Gasteiger partial charge on any atom is 0.422 e. The number of hydrogen-bond donors (Lipinski definition) is 0. The number of benzene rings is 8. The largest absolute Gasteiger partial charge is 0.484 e. The summed E-state index contributed by atoms with van der Waals surface area (Å²) in [6.45, 7) is 7.62. The second-order valence-corrected chi connectivity index (χ2v) is 18.8. The quantitative estimate of drug-likeness (QED) is 0.0548. The van der Waals surface area contributed by atoms with Gasteiger partial charge in [-0.2, -0.15) is 31.4 Å². The molecule has 15 heteroatoms. The van der Waals surface area contributed by atoms with Crippen molar-refractivity contribution in [3.63, 3.8) is 0 Å². The maximum atomic E-state index is 12.7. The fourth-order valence-corrected chi connectivity index (χ4v) is 9.41. The maximum absolute atomic E-state index is 12.7. The van der Waals surface area contributed by atoms with Gasteiger partial charge >= 0.3 is 12.4 Å². The highest BCUT2D eigenvalue weighted by Gasteiger charge is 2.29. The van der Waals surface area contributed by atoms with Crippen LogP contribution in [0.5, 0.6) is 11.5 Å². The third kappa shape index (κ3) is 14.3. The lowest BCUT2D eigenvalue weighted by atomic mass is 10.0. The van der Waals surface area contributed by atoms with E-state index < -0.39 is 25.6 Å². The van der Waals surface area contributed by atoms with Crippen LogP contribution in [0.25, 0.3) is 21.3 Å². The Morgan fingerprint density at radius 2 is 0.921 bits per heavy atom. The fraction of sp³-hybridized carbons (Fsp3) is 0.180. The highest BCUT2D eigenvalue weighted by molar-refractivity contribution is 7.16. The predicted octanol–water partition coefficient (Wildman–Crippen LogP) is 16.8. The Bertz CT molecular complexity index is 3250. The van der Waals surface area contributed by atoms with Crippen molar-refractivity contribution in [3.8, 4) is 22.6 Å². The van der Waals surface area contributed by atoms with E-state index in [9.17, 15) is 26.3 Å². The smallest absolute Gasteiger partial charge is 0.422 e. The first-order chi connectivity index (χ1) is 36.5. The zero-order chi connectivity index (χ0) is 53.8. The molecule has 0 radical (unpaired) electrons. The summed E-state index contributed by atoms with van der Waals surface area (Å²) in [5, 5.41) is 8.63. The molecule has 76 heavy (non-hydrogen) atoms. The van der Waals surface area contributed by atoms with E-state index in [0.717, 1.165) is 79.8 Å². The number of hydrogen-bond acceptors (Lipinski definition) is 8. The van der Waals surface area contributed by atoms with E-state index in [-0.39, 0.29) is 11.5 Å². The van der Waals surface area contributed by atoms with Crippen LogP contribution in [0.1, 0.15) is 30.5 Å². The van der Waals surface area contributed by atoms with Crippen LogP contribution in [0.15, 0.2) is 204 Å². The van der Waals surface area contributed by atoms with E-state index in [0.29, 0.717) is 0 Å². The molecule has 0 amide bonds. The summed E-state index contributed by atoms with van der Waals surface area (Å²) < 4.78 is 89.3. The average Bonchev–Trinajstić information content (AvgIpc) is 3.73. The average molecular weight is 1050 g/mol. The van der Waals surface area contributed by atoms with Gasteiger partial charge < -0.3 is 28.7 Å². The molecule has 8 aromatic carbocycles. The second-order valence-electron chi connectivity index (χ2n) is 17.8. The Balaban J connectivity index is 0.000000265. The monoisotopic (exact) mass is 1050 g/mol. The van der Waals surface area contributed by atoms with E-state index in [4.69, 9.17) is 9.47 Å². The summed E-state index contributed by atoms with van der Waals surface area (Å²) in [5.41, 5.74) is 12.5. The molecule has 0 atom stereocenters. The second kappa shape index (κ2) is 24.4. The molecule has 8 nitrogen and oxygen atoms in total. The van der Waals surface area contributed by atoms with E-state index in [1.54, 1.807) is 41.8 Å². The highest BCUT2D eigenvalue weighted by atomic mass is 32.1. The van der Waals surface area contributed by atoms with Gasteiger partial charge in [-0.1, -0.05) is 84.1 Å². The number of nitrogens with zero attached hydrogens (tertiary/aromatic N) is 6. The fourth-order valence-electron chi connectivity index (χ4n) is 8.43. The van der Waals surface area contributed by atoms with Crippen molar-refractivity contribution in [3.05, 3.63) is 216 Å². The van der Waals surface area contributed by atoms with Crippen LogP contribution in [-0.2, 0) is 7.05 Å². The topological polar surface area (TPSA) is 57.8 Å². The highest BCUT2D eigenvalue weighted by Crippen LogP contribution is 2.39. The van der Waals surface area contributed by atoms with Crippen LogP contribution in [0.4, 0.5) is 66.2 Å². The van der Waals surface area contributed by atoms with Gasteiger partial charge in [-0.3, -0.25) is 0 Å². The van der Waals surface area contributed by atoms with Gasteiger partial charge in [-0.15, -0.1) is 5.10 Å². The molecule has 0 saturated heterocycles. The molecule has 0 fully saturated rings. The van der Waals surface area contributed by atoms with E-state index in [1.807, 2.05) is 140 Å². The Morgan fingerprint density at radius 3 is 1.33 bits per heavy atom. The Kier molecular flexibility index (Phi) is 17.3. The summed E-state index contributed by atoms with van der Waals surface area (Å²) in [6, 6.07) is 61.6. The molecular weight excluding hydrogens is 995 g/mol. The number of anilines is 7. The number of aromatic nitrogens is 1. The van der Waals surface area contributed by atoms with Crippen LogP contribution < -0.4 is 29.0 Å². The number of aryl methyl sites for hydroxylation is 3. The van der Waals surface area contributed by atoms with Crippen LogP contribution >= 0.6 is 11.3 Å². The molecule has 0 aliphatic heterocycles. The van der Waals surface area contributed by atoms with Gasteiger partial charge in [0.1, 0.15) is 11.5 Å². The molecule has 0 aliphatic rings. The third-order valence-corrected chi connectivity index (χ3v) is 13.3. The molecule has 0 saturated carbocycles. The SMILES string of the molecule is CCN(CC)c1ccc(C=NN=c2sc3ccccc3n2C)cc1.Cc1cccc(N(c2ccc(OCC(F)(F)F)cc2)c2ccc(-c3ccc(N(c4ccc(OCC(F)(F)F)cc4)c4cccc(C)c4)cc3)cc2)c1. The van der Waals surface area contributed by atoms with Crippen LogP contribution in [0.2, 0.25) is 0 Å². The Hall–Kier alpha value is -8.30. The number of alkyl halides is 6. The van der Waals surface area contributed by atoms with Crippen molar-refractivity contribution in [2.75, 3.05) is 41.0 Å². The number of halogens is 6. The molecule has 9 aromatic rings. The molecule has 1 aromatic heterocycles. The van der Waals surface area contributed by atoms with Crippen molar-refractivity contribution in [1.29, 1.82) is 0 Å². The minimum absolute atomic E-state index is 0.122. The molecule has 0 unspecified atom stereocenters. The summed E-state index contributed by atoms with van der Waals surface area (Å²) in [4.78, 5) is 7.26. The molecule has 0 spiro atoms. The van der Waals surface area contributed by atoms with Crippen LogP contribution in [-0.4, -0.2) is 49.4 Å². The summed E-state index contributed by atoms with van der Waals surface area (Å²) in [7, 11) is 2.02. The number of thiazole rings is 1. The number of para-hydroxylation sites is 1. The first-order valence-corrected chi connectivity index (χ1v) is 25.4. The molecule has 0 N–H and O–H groups in total. The molecule has 0 bridgehead atoms. The van der Waals surface area contributed by atoms with E-state index in [2.05, 4.69) is 69.9 Å². The van der Waals surface area contributed by atoms with Crippen molar-refractivity contribution in [1.82, 2.24) is 4.57 Å². The standard InChI is InChI=1S/C42H34F6N2O2.C19H22N4S/c1-29-5-3-7-37(25-29)49(35-17-21-39(22-18-35)51-27-41(43,44)45)33-13-9-31(10-14-33)32-11-15-34(16-12-32)50(38-8-4-6-30(2)26-38)36-19-23-40(24-20-36)52-28-42(46,47)48;1-4-23(5-2)16-12-10-15(11-13-16)14-20-21-19-22(3)17-8-6-7-9-18(17)24-19/h3-26H,27-28H2,1-2H3;6-14H,4-5H2,1-3H3. The van der Waals surface area contributed by atoms with Gasteiger partial charge in [0.2, 0.25) is 4.80 Å². The first-order valence-electron chi connectivity index (χ1n) is 24.5. The van der Waals surface area contributed by atoms with Crippen molar-refractivity contribution < 1.29 is 35.8 Å². The summed E-state index contributed by atoms with van der Waals surface area (Å²) in [5.74, 6) is 0.244. The van der Waals surface area contributed by atoms with Crippen LogP contribution in [0.3, 0.4) is 0 Å². The normalized spacial score (nSPS) is 11.9. The first kappa shape index (κ1) is 54.0. The Morgan fingerprint density at radius 1 is 0.500 bits per heavy atom. The van der Waals surface area contributed by atoms with Gasteiger partial charge in [-0.25, -0.2) is 0 Å². The minimum atomic E-state index is -4.43. The lowest BCUT2D eigenvalue weighted by Gasteiger charge is -2.27.